The van der Waals surface area contributed by atoms with Gasteiger partial charge in [0.05, 0.1) is 5.56 Å². The molecule has 0 spiro atoms. The summed E-state index contributed by atoms with van der Waals surface area (Å²) in [4.78, 5) is 14.9. The van der Waals surface area contributed by atoms with Crippen LogP contribution < -0.4 is 15.5 Å². The molecular weight excluding hydrogens is 356 g/mol. The van der Waals surface area contributed by atoms with Gasteiger partial charge in [-0.3, -0.25) is 9.36 Å². The Balaban J connectivity index is 1.65. The molecule has 0 atom stereocenters. The Labute approximate surface area is 166 Å². The molecule has 0 radical (unpaired) electrons. The van der Waals surface area contributed by atoms with E-state index in [4.69, 9.17) is 18.0 Å². The average molecular weight is 387 g/mol. The molecule has 2 heterocycles. The number of nitrogens with one attached hydrogen (secondary N) is 2. The third kappa shape index (κ3) is 4.64. The molecule has 1 aliphatic rings. The van der Waals surface area contributed by atoms with Crippen molar-refractivity contribution in [2.75, 3.05) is 26.2 Å². The minimum Gasteiger partial charge on any atom is -0.365 e. The molecule has 1 aromatic carbocycles. The first-order valence-corrected chi connectivity index (χ1v) is 9.99. The van der Waals surface area contributed by atoms with Crippen LogP contribution in [0.5, 0.6) is 0 Å². The van der Waals surface area contributed by atoms with Crippen molar-refractivity contribution in [3.05, 3.63) is 62.9 Å². The molecule has 1 fully saturated rings. The number of carbonyl (C=O) groups is 1. The molecule has 6 heteroatoms. The van der Waals surface area contributed by atoms with Crippen LogP contribution >= 0.6 is 12.2 Å². The van der Waals surface area contributed by atoms with Crippen LogP contribution in [0.2, 0.25) is 0 Å². The zero-order valence-electron chi connectivity index (χ0n) is 16.5. The van der Waals surface area contributed by atoms with Gasteiger partial charge >= 0.3 is 0 Å². The van der Waals surface area contributed by atoms with Crippen molar-refractivity contribution in [3.8, 4) is 0 Å². The second kappa shape index (κ2) is 8.33. The monoisotopic (exact) mass is 386 g/mol. The van der Waals surface area contributed by atoms with E-state index in [2.05, 4.69) is 35.8 Å². The Hall–Kier alpha value is -2.02. The van der Waals surface area contributed by atoms with Crippen molar-refractivity contribution in [2.24, 2.45) is 5.73 Å². The molecule has 5 nitrogen and oxygen atoms in total. The van der Waals surface area contributed by atoms with Gasteiger partial charge < -0.3 is 15.5 Å². The number of pyridine rings is 1. The zero-order chi connectivity index (χ0) is 19.6. The Bertz CT molecular complexity index is 898. The number of aryl methyl sites for hydroxylation is 3. The van der Waals surface area contributed by atoms with E-state index >= 15 is 0 Å². The Morgan fingerprint density at radius 2 is 1.78 bits per heavy atom. The highest BCUT2D eigenvalue weighted by Gasteiger charge is 2.24. The van der Waals surface area contributed by atoms with Crippen LogP contribution in [-0.2, 0) is 13.2 Å². The first-order chi connectivity index (χ1) is 12.8. The summed E-state index contributed by atoms with van der Waals surface area (Å²) in [5.74, 6) is -0.436. The zero-order valence-corrected chi connectivity index (χ0v) is 17.3. The maximum atomic E-state index is 11.8. The SMILES string of the molecule is Cc1cccc(C[NH+]2CC[NH+](Cn3c(C)cc(C)c(C(N)=O)c3=S)CC2)c1. The molecule has 0 bridgehead atoms. The fraction of sp³-hybridized carbons (Fsp3) is 0.429. The molecule has 144 valence electrons. The van der Waals surface area contributed by atoms with Gasteiger partial charge in [0.2, 0.25) is 0 Å². The second-order valence-corrected chi connectivity index (χ2v) is 8.15. The van der Waals surface area contributed by atoms with E-state index < -0.39 is 5.91 Å². The van der Waals surface area contributed by atoms with Crippen molar-refractivity contribution in [1.29, 1.82) is 0 Å². The number of amides is 1. The summed E-state index contributed by atoms with van der Waals surface area (Å²) >= 11 is 5.58. The van der Waals surface area contributed by atoms with Crippen molar-refractivity contribution < 1.29 is 14.6 Å². The first kappa shape index (κ1) is 19.7. The number of quaternary nitrogens is 2. The van der Waals surface area contributed by atoms with E-state index in [-0.39, 0.29) is 0 Å². The number of nitrogens with two attached hydrogens (primary N) is 1. The molecule has 1 saturated heterocycles. The number of rotatable bonds is 5. The molecule has 0 saturated carbocycles. The van der Waals surface area contributed by atoms with Crippen molar-refractivity contribution in [3.63, 3.8) is 0 Å². The van der Waals surface area contributed by atoms with Gasteiger partial charge in [-0.25, -0.2) is 0 Å². The fourth-order valence-electron chi connectivity index (χ4n) is 4.05. The van der Waals surface area contributed by atoms with Gasteiger partial charge in [-0.1, -0.05) is 42.0 Å². The van der Waals surface area contributed by atoms with Crippen LogP contribution in [0.3, 0.4) is 0 Å². The number of hydrogen-bond acceptors (Lipinski definition) is 2. The molecule has 2 aromatic rings. The highest BCUT2D eigenvalue weighted by Crippen LogP contribution is 2.12. The van der Waals surface area contributed by atoms with Crippen LogP contribution in [0.25, 0.3) is 0 Å². The Morgan fingerprint density at radius 1 is 1.11 bits per heavy atom. The Morgan fingerprint density at radius 3 is 2.41 bits per heavy atom. The van der Waals surface area contributed by atoms with E-state index in [1.54, 1.807) is 4.90 Å². The normalized spacial score (nSPS) is 19.8. The van der Waals surface area contributed by atoms with Crippen LogP contribution in [0.4, 0.5) is 0 Å². The number of hydrogen-bond donors (Lipinski definition) is 3. The number of nitrogens with zero attached hydrogens (tertiary/aromatic N) is 1. The summed E-state index contributed by atoms with van der Waals surface area (Å²) in [6, 6.07) is 10.8. The predicted molar refractivity (Wildman–Crippen MR) is 110 cm³/mol. The molecule has 0 aliphatic carbocycles. The van der Waals surface area contributed by atoms with E-state index in [0.717, 1.165) is 50.6 Å². The summed E-state index contributed by atoms with van der Waals surface area (Å²) in [6.45, 7) is 12.5. The van der Waals surface area contributed by atoms with E-state index in [0.29, 0.717) is 10.2 Å². The summed E-state index contributed by atoms with van der Waals surface area (Å²) < 4.78 is 2.64. The third-order valence-corrected chi connectivity index (χ3v) is 5.96. The fourth-order valence-corrected chi connectivity index (χ4v) is 4.52. The lowest BCUT2D eigenvalue weighted by Crippen LogP contribution is -3.27. The summed E-state index contributed by atoms with van der Waals surface area (Å²) in [5, 5.41) is 0. The minimum absolute atomic E-state index is 0.436. The number of piperazine rings is 1. The number of carbonyl (C=O) groups excluding carboxylic acids is 1. The molecule has 4 N–H and O–H groups in total. The van der Waals surface area contributed by atoms with Crippen molar-refractivity contribution in [1.82, 2.24) is 4.57 Å². The largest absolute Gasteiger partial charge is 0.365 e. The average Bonchev–Trinajstić information content (AvgIpc) is 2.59. The van der Waals surface area contributed by atoms with Crippen LogP contribution in [0, 0.1) is 25.4 Å². The van der Waals surface area contributed by atoms with E-state index in [1.807, 2.05) is 19.9 Å². The van der Waals surface area contributed by atoms with Gasteiger partial charge in [0.1, 0.15) is 37.4 Å². The number of benzene rings is 1. The standard InChI is InChI=1S/C21H28N4OS/c1-15-5-4-6-18(11-15)13-23-7-9-24(10-8-23)14-25-17(3)12-16(2)19(20(22)26)21(25)27/h4-6,11-12H,7-10,13-14H2,1-3H3,(H2,22,26)/p+2. The van der Waals surface area contributed by atoms with E-state index in [9.17, 15) is 4.79 Å². The summed E-state index contributed by atoms with van der Waals surface area (Å²) in [5.41, 5.74) is 10.7. The van der Waals surface area contributed by atoms with Gasteiger partial charge in [-0.2, -0.15) is 0 Å². The highest BCUT2D eigenvalue weighted by molar-refractivity contribution is 7.71. The van der Waals surface area contributed by atoms with Gasteiger partial charge in [0.15, 0.2) is 6.67 Å². The molecular formula is C21H30N4OS+2. The van der Waals surface area contributed by atoms with Gasteiger partial charge in [0, 0.05) is 11.3 Å². The first-order valence-electron chi connectivity index (χ1n) is 9.58. The minimum atomic E-state index is -0.436. The second-order valence-electron chi connectivity index (χ2n) is 7.77. The maximum Gasteiger partial charge on any atom is 0.251 e. The molecule has 0 unspecified atom stereocenters. The molecule has 1 aromatic heterocycles. The van der Waals surface area contributed by atoms with Crippen LogP contribution in [0.1, 0.15) is 32.7 Å². The Kier molecular flexibility index (Phi) is 6.09. The quantitative estimate of drug-likeness (QED) is 0.643. The predicted octanol–water partition coefficient (Wildman–Crippen LogP) is 0.183. The van der Waals surface area contributed by atoms with Crippen LogP contribution in [0.15, 0.2) is 30.3 Å². The number of aromatic nitrogens is 1. The lowest BCUT2D eigenvalue weighted by Gasteiger charge is -2.31. The van der Waals surface area contributed by atoms with Gasteiger partial charge in [0.25, 0.3) is 5.91 Å². The topological polar surface area (TPSA) is 56.9 Å². The lowest BCUT2D eigenvalue weighted by atomic mass is 10.1. The highest BCUT2D eigenvalue weighted by atomic mass is 32.1. The molecule has 1 aliphatic heterocycles. The van der Waals surface area contributed by atoms with Crippen molar-refractivity contribution in [2.45, 2.75) is 34.0 Å². The molecule has 27 heavy (non-hydrogen) atoms. The maximum absolute atomic E-state index is 11.8. The van der Waals surface area contributed by atoms with Crippen LogP contribution in [-0.4, -0.2) is 36.7 Å². The lowest BCUT2D eigenvalue weighted by molar-refractivity contribution is -1.03. The third-order valence-electron chi connectivity index (χ3n) is 5.53. The summed E-state index contributed by atoms with van der Waals surface area (Å²) in [6.07, 6.45) is 0. The van der Waals surface area contributed by atoms with Crippen molar-refractivity contribution >= 4 is 18.1 Å². The molecule has 3 rings (SSSR count). The van der Waals surface area contributed by atoms with E-state index in [1.165, 1.54) is 16.0 Å². The smallest absolute Gasteiger partial charge is 0.251 e. The van der Waals surface area contributed by atoms with Gasteiger partial charge in [-0.05, 0) is 32.4 Å². The summed E-state index contributed by atoms with van der Waals surface area (Å²) in [7, 11) is 0. The van der Waals surface area contributed by atoms with Gasteiger partial charge in [-0.15, -0.1) is 0 Å². The molecule has 1 amide bonds. The number of primary amides is 1.